The molecule has 0 saturated heterocycles. The van der Waals surface area contributed by atoms with Crippen molar-refractivity contribution in [3.8, 4) is 11.3 Å². The summed E-state index contributed by atoms with van der Waals surface area (Å²) >= 11 is 1.50. The van der Waals surface area contributed by atoms with E-state index >= 15 is 0 Å². The highest BCUT2D eigenvalue weighted by atomic mass is 32.1. The van der Waals surface area contributed by atoms with Gasteiger partial charge in [-0.25, -0.2) is 4.39 Å². The summed E-state index contributed by atoms with van der Waals surface area (Å²) in [6.07, 6.45) is 0.846. The molecule has 0 aliphatic heterocycles. The van der Waals surface area contributed by atoms with Gasteiger partial charge in [0.2, 0.25) is 5.91 Å². The number of hydrogen-bond acceptors (Lipinski definition) is 2. The van der Waals surface area contributed by atoms with Crippen molar-refractivity contribution in [2.75, 3.05) is 0 Å². The molecule has 0 radical (unpaired) electrons. The fraction of sp³-hybridized carbons (Fsp3) is 0.286. The van der Waals surface area contributed by atoms with Crippen LogP contribution in [-0.4, -0.2) is 10.5 Å². The van der Waals surface area contributed by atoms with Crippen molar-refractivity contribution in [1.29, 1.82) is 0 Å². The zero-order valence-electron chi connectivity index (χ0n) is 11.1. The lowest BCUT2D eigenvalue weighted by Crippen LogP contribution is -2.13. The Kier molecular flexibility index (Phi) is 3.95. The molecule has 2 rings (SSSR count). The highest BCUT2D eigenvalue weighted by molar-refractivity contribution is 7.09. The summed E-state index contributed by atoms with van der Waals surface area (Å²) < 4.78 is 14.9. The van der Waals surface area contributed by atoms with Gasteiger partial charge in [-0.2, -0.15) is 4.99 Å². The van der Waals surface area contributed by atoms with Crippen molar-refractivity contribution >= 4 is 17.2 Å². The molecule has 1 heterocycles. The molecule has 0 saturated carbocycles. The van der Waals surface area contributed by atoms with Crippen LogP contribution in [0.2, 0.25) is 0 Å². The van der Waals surface area contributed by atoms with Crippen LogP contribution in [0.3, 0.4) is 0 Å². The van der Waals surface area contributed by atoms with Crippen LogP contribution < -0.4 is 4.80 Å². The number of halogens is 1. The van der Waals surface area contributed by atoms with Crippen LogP contribution in [0.1, 0.15) is 18.7 Å². The summed E-state index contributed by atoms with van der Waals surface area (Å²) in [5.41, 5.74) is 1.93. The van der Waals surface area contributed by atoms with E-state index in [1.807, 2.05) is 11.6 Å². The number of rotatable bonds is 2. The Morgan fingerprint density at radius 1 is 1.37 bits per heavy atom. The standard InChI is InChI=1S/C14H15FN2OS/c1-4-12-13(10-5-7-11(15)8-6-10)17(3)14(19-12)16-9(2)18/h5-8H,4H2,1-3H3. The van der Waals surface area contributed by atoms with Crippen molar-refractivity contribution < 1.29 is 9.18 Å². The number of aryl methyl sites for hydroxylation is 1. The zero-order valence-corrected chi connectivity index (χ0v) is 11.9. The number of carbonyl (C=O) groups excluding carboxylic acids is 1. The highest BCUT2D eigenvalue weighted by Crippen LogP contribution is 2.25. The second kappa shape index (κ2) is 5.48. The smallest absolute Gasteiger partial charge is 0.245 e. The minimum Gasteiger partial charge on any atom is -0.319 e. The van der Waals surface area contributed by atoms with E-state index in [9.17, 15) is 9.18 Å². The maximum absolute atomic E-state index is 13.0. The number of benzene rings is 1. The van der Waals surface area contributed by atoms with Crippen molar-refractivity contribution in [3.63, 3.8) is 0 Å². The molecule has 0 atom stereocenters. The van der Waals surface area contributed by atoms with Crippen LogP contribution in [0.5, 0.6) is 0 Å². The molecule has 1 aromatic heterocycles. The summed E-state index contributed by atoms with van der Waals surface area (Å²) in [5.74, 6) is -0.474. The van der Waals surface area contributed by atoms with Crippen molar-refractivity contribution in [3.05, 3.63) is 39.8 Å². The minimum absolute atomic E-state index is 0.217. The Labute approximate surface area is 115 Å². The quantitative estimate of drug-likeness (QED) is 0.831. The highest BCUT2D eigenvalue weighted by Gasteiger charge is 2.12. The van der Waals surface area contributed by atoms with Crippen molar-refractivity contribution in [1.82, 2.24) is 4.57 Å². The Morgan fingerprint density at radius 2 is 2.00 bits per heavy atom. The Bertz CT molecular complexity index is 668. The van der Waals surface area contributed by atoms with E-state index in [-0.39, 0.29) is 11.7 Å². The lowest BCUT2D eigenvalue weighted by Gasteiger charge is -2.05. The molecule has 0 N–H and O–H groups in total. The van der Waals surface area contributed by atoms with Gasteiger partial charge in [0.15, 0.2) is 4.80 Å². The van der Waals surface area contributed by atoms with Gasteiger partial charge in [0, 0.05) is 18.8 Å². The molecule has 5 heteroatoms. The maximum atomic E-state index is 13.0. The molecule has 1 amide bonds. The topological polar surface area (TPSA) is 34.4 Å². The van der Waals surface area contributed by atoms with Gasteiger partial charge >= 0.3 is 0 Å². The first-order valence-corrected chi connectivity index (χ1v) is 6.84. The predicted molar refractivity (Wildman–Crippen MR) is 74.3 cm³/mol. The molecule has 19 heavy (non-hydrogen) atoms. The predicted octanol–water partition coefficient (Wildman–Crippen LogP) is 2.90. The van der Waals surface area contributed by atoms with E-state index in [1.54, 1.807) is 12.1 Å². The van der Waals surface area contributed by atoms with Gasteiger partial charge < -0.3 is 4.57 Å². The zero-order chi connectivity index (χ0) is 14.0. The molecule has 100 valence electrons. The molecule has 0 bridgehead atoms. The second-order valence-corrected chi connectivity index (χ2v) is 5.27. The average molecular weight is 278 g/mol. The first-order valence-electron chi connectivity index (χ1n) is 6.03. The van der Waals surface area contributed by atoms with Crippen LogP contribution in [0.15, 0.2) is 29.3 Å². The lowest BCUT2D eigenvalue weighted by atomic mass is 10.1. The van der Waals surface area contributed by atoms with E-state index in [4.69, 9.17) is 0 Å². The van der Waals surface area contributed by atoms with Gasteiger partial charge in [0.25, 0.3) is 0 Å². The van der Waals surface area contributed by atoms with Gasteiger partial charge in [0.1, 0.15) is 5.82 Å². The van der Waals surface area contributed by atoms with Crippen LogP contribution in [0.4, 0.5) is 4.39 Å². The first kappa shape index (κ1) is 13.7. The number of thiazole rings is 1. The van der Waals surface area contributed by atoms with Crippen LogP contribution in [0.25, 0.3) is 11.3 Å². The fourth-order valence-corrected chi connectivity index (χ4v) is 3.06. The molecule has 0 aliphatic carbocycles. The van der Waals surface area contributed by atoms with Crippen molar-refractivity contribution in [2.24, 2.45) is 12.0 Å². The third kappa shape index (κ3) is 2.81. The molecule has 0 unspecified atom stereocenters. The number of hydrogen-bond donors (Lipinski definition) is 0. The largest absolute Gasteiger partial charge is 0.319 e. The molecule has 2 aromatic rings. The fourth-order valence-electron chi connectivity index (χ4n) is 1.94. The number of carbonyl (C=O) groups is 1. The molecule has 3 nitrogen and oxygen atoms in total. The monoisotopic (exact) mass is 278 g/mol. The van der Waals surface area contributed by atoms with E-state index in [1.165, 1.54) is 30.4 Å². The van der Waals surface area contributed by atoms with E-state index < -0.39 is 0 Å². The molecular weight excluding hydrogens is 263 g/mol. The van der Waals surface area contributed by atoms with Gasteiger partial charge in [-0.15, -0.1) is 11.3 Å². The third-order valence-corrected chi connectivity index (χ3v) is 4.07. The first-order chi connectivity index (χ1) is 9.02. The Morgan fingerprint density at radius 3 is 2.53 bits per heavy atom. The van der Waals surface area contributed by atoms with Gasteiger partial charge in [-0.3, -0.25) is 4.79 Å². The molecular formula is C14H15FN2OS. The van der Waals surface area contributed by atoms with Crippen LogP contribution >= 0.6 is 11.3 Å². The van der Waals surface area contributed by atoms with Gasteiger partial charge in [-0.1, -0.05) is 6.92 Å². The normalized spacial score (nSPS) is 11.9. The molecule has 0 fully saturated rings. The number of aromatic nitrogens is 1. The molecule has 0 spiro atoms. The van der Waals surface area contributed by atoms with E-state index in [0.29, 0.717) is 4.80 Å². The minimum atomic E-state index is -0.256. The molecule has 1 aromatic carbocycles. The van der Waals surface area contributed by atoms with E-state index in [0.717, 1.165) is 22.6 Å². The van der Waals surface area contributed by atoms with Crippen LogP contribution in [-0.2, 0) is 18.3 Å². The Balaban J connectivity index is 2.66. The van der Waals surface area contributed by atoms with Crippen molar-refractivity contribution in [2.45, 2.75) is 20.3 Å². The third-order valence-electron chi connectivity index (χ3n) is 2.79. The van der Waals surface area contributed by atoms with Gasteiger partial charge in [-0.05, 0) is 36.2 Å². The number of amides is 1. The molecule has 0 aliphatic rings. The SMILES string of the molecule is CCc1sc(=NC(C)=O)n(C)c1-c1ccc(F)cc1. The maximum Gasteiger partial charge on any atom is 0.245 e. The summed E-state index contributed by atoms with van der Waals surface area (Å²) in [4.78, 5) is 16.9. The Hall–Kier alpha value is -1.75. The van der Waals surface area contributed by atoms with Crippen LogP contribution in [0, 0.1) is 5.82 Å². The average Bonchev–Trinajstić information content (AvgIpc) is 2.67. The summed E-state index contributed by atoms with van der Waals surface area (Å²) in [7, 11) is 1.87. The summed E-state index contributed by atoms with van der Waals surface area (Å²) in [6, 6.07) is 6.37. The number of nitrogens with zero attached hydrogens (tertiary/aromatic N) is 2. The summed E-state index contributed by atoms with van der Waals surface area (Å²) in [5, 5.41) is 0. The lowest BCUT2D eigenvalue weighted by molar-refractivity contribution is -0.116. The summed E-state index contributed by atoms with van der Waals surface area (Å²) in [6.45, 7) is 3.49. The van der Waals surface area contributed by atoms with Gasteiger partial charge in [0.05, 0.1) is 5.69 Å². The second-order valence-electron chi connectivity index (χ2n) is 4.21. The van der Waals surface area contributed by atoms with E-state index in [2.05, 4.69) is 11.9 Å².